The summed E-state index contributed by atoms with van der Waals surface area (Å²) in [6.45, 7) is 4.09. The molecule has 1 aliphatic carbocycles. The van der Waals surface area contributed by atoms with Crippen molar-refractivity contribution in [3.63, 3.8) is 0 Å². The molecule has 0 atom stereocenters. The van der Waals surface area contributed by atoms with E-state index in [4.69, 9.17) is 4.99 Å². The van der Waals surface area contributed by atoms with Crippen molar-refractivity contribution in [2.24, 2.45) is 4.99 Å². The summed E-state index contributed by atoms with van der Waals surface area (Å²) in [6, 6.07) is 15.6. The van der Waals surface area contributed by atoms with Crippen molar-refractivity contribution in [3.8, 4) is 0 Å². The zero-order valence-electron chi connectivity index (χ0n) is 17.8. The van der Waals surface area contributed by atoms with Crippen LogP contribution in [0.25, 0.3) is 0 Å². The van der Waals surface area contributed by atoms with Gasteiger partial charge >= 0.3 is 0 Å². The monoisotopic (exact) mass is 403 g/mol. The Morgan fingerprint density at radius 1 is 1.07 bits per heavy atom. The van der Waals surface area contributed by atoms with Crippen molar-refractivity contribution in [1.82, 2.24) is 4.90 Å². The van der Waals surface area contributed by atoms with Gasteiger partial charge in [0.2, 0.25) is 5.91 Å². The van der Waals surface area contributed by atoms with Crippen LogP contribution in [-0.2, 0) is 16.0 Å². The minimum absolute atomic E-state index is 0.0240. The molecule has 2 aliphatic rings. The van der Waals surface area contributed by atoms with Crippen LogP contribution in [0.15, 0.2) is 53.5 Å². The molecule has 0 saturated heterocycles. The Morgan fingerprint density at radius 2 is 1.80 bits per heavy atom. The number of carbonyl (C=O) groups is 2. The molecule has 2 amide bonds. The van der Waals surface area contributed by atoms with Gasteiger partial charge in [-0.1, -0.05) is 61.9 Å². The van der Waals surface area contributed by atoms with Gasteiger partial charge in [0.05, 0.1) is 0 Å². The first-order valence-corrected chi connectivity index (χ1v) is 10.9. The van der Waals surface area contributed by atoms with Crippen LogP contribution in [0.3, 0.4) is 0 Å². The van der Waals surface area contributed by atoms with E-state index in [1.54, 1.807) is 4.90 Å². The Bertz CT molecular complexity index is 975. The molecule has 4 rings (SSSR count). The molecule has 2 aromatic rings. The van der Waals surface area contributed by atoms with E-state index >= 15 is 0 Å². The predicted octanol–water partition coefficient (Wildman–Crippen LogP) is 4.49. The number of amides is 2. The van der Waals surface area contributed by atoms with Crippen molar-refractivity contribution in [2.75, 3.05) is 11.9 Å². The standard InChI is InChI=1S/C25H29N3O2/c1-3-19-14-10-11-18(2)22(19)26-21(29)17-28-24(30)23(20-12-6-4-7-13-20)27-25(28)15-8-5-9-16-25/h4,6-7,10-14H,3,5,8-9,15-17H2,1-2H3,(H,26,29). The van der Waals surface area contributed by atoms with Crippen molar-refractivity contribution >= 4 is 23.2 Å². The van der Waals surface area contributed by atoms with Crippen LogP contribution in [0.5, 0.6) is 0 Å². The Balaban J connectivity index is 1.60. The molecule has 0 radical (unpaired) electrons. The topological polar surface area (TPSA) is 61.8 Å². The number of carbonyl (C=O) groups excluding carboxylic acids is 2. The average molecular weight is 404 g/mol. The normalized spacial score (nSPS) is 17.9. The fourth-order valence-corrected chi connectivity index (χ4v) is 4.66. The lowest BCUT2D eigenvalue weighted by molar-refractivity contribution is -0.134. The van der Waals surface area contributed by atoms with Gasteiger partial charge in [0, 0.05) is 11.3 Å². The summed E-state index contributed by atoms with van der Waals surface area (Å²) in [5.74, 6) is -0.305. The molecule has 1 heterocycles. The number of nitrogens with zero attached hydrogens (tertiary/aromatic N) is 2. The third kappa shape index (κ3) is 3.76. The van der Waals surface area contributed by atoms with Crippen LogP contribution in [-0.4, -0.2) is 34.6 Å². The van der Waals surface area contributed by atoms with Crippen LogP contribution < -0.4 is 5.32 Å². The summed E-state index contributed by atoms with van der Waals surface area (Å²) in [6.07, 6.45) is 5.66. The zero-order valence-corrected chi connectivity index (χ0v) is 17.8. The quantitative estimate of drug-likeness (QED) is 0.800. The summed E-state index contributed by atoms with van der Waals surface area (Å²) in [4.78, 5) is 33.1. The highest BCUT2D eigenvalue weighted by Crippen LogP contribution is 2.39. The van der Waals surface area contributed by atoms with Gasteiger partial charge < -0.3 is 10.2 Å². The fourth-order valence-electron chi connectivity index (χ4n) is 4.66. The van der Waals surface area contributed by atoms with Gasteiger partial charge in [-0.15, -0.1) is 0 Å². The van der Waals surface area contributed by atoms with E-state index in [0.29, 0.717) is 5.71 Å². The molecule has 1 N–H and O–H groups in total. The lowest BCUT2D eigenvalue weighted by Crippen LogP contribution is -2.51. The second-order valence-corrected chi connectivity index (χ2v) is 8.27. The summed E-state index contributed by atoms with van der Waals surface area (Å²) in [7, 11) is 0. The third-order valence-electron chi connectivity index (χ3n) is 6.28. The first-order valence-electron chi connectivity index (χ1n) is 10.9. The highest BCUT2D eigenvalue weighted by Gasteiger charge is 2.48. The van der Waals surface area contributed by atoms with Gasteiger partial charge in [-0.3, -0.25) is 14.6 Å². The molecule has 1 aliphatic heterocycles. The highest BCUT2D eigenvalue weighted by molar-refractivity contribution is 6.47. The van der Waals surface area contributed by atoms with E-state index in [9.17, 15) is 9.59 Å². The average Bonchev–Trinajstić information content (AvgIpc) is 3.02. The van der Waals surface area contributed by atoms with Crippen molar-refractivity contribution in [2.45, 2.75) is 58.0 Å². The molecule has 156 valence electrons. The summed E-state index contributed by atoms with van der Waals surface area (Å²) < 4.78 is 0. The number of aryl methyl sites for hydroxylation is 2. The van der Waals surface area contributed by atoms with Crippen LogP contribution in [0.2, 0.25) is 0 Å². The van der Waals surface area contributed by atoms with Gasteiger partial charge in [0.25, 0.3) is 5.91 Å². The van der Waals surface area contributed by atoms with E-state index in [0.717, 1.165) is 60.9 Å². The number of para-hydroxylation sites is 1. The molecule has 0 bridgehead atoms. The molecule has 1 spiro atoms. The molecule has 1 saturated carbocycles. The number of hydrogen-bond acceptors (Lipinski definition) is 3. The number of aliphatic imine (C=N–C) groups is 1. The number of nitrogens with one attached hydrogen (secondary N) is 1. The predicted molar refractivity (Wildman–Crippen MR) is 120 cm³/mol. The van der Waals surface area contributed by atoms with Gasteiger partial charge in [-0.2, -0.15) is 0 Å². The molecule has 0 aromatic heterocycles. The fraction of sp³-hybridized carbons (Fsp3) is 0.400. The molecular weight excluding hydrogens is 374 g/mol. The first-order chi connectivity index (χ1) is 14.5. The third-order valence-corrected chi connectivity index (χ3v) is 6.28. The largest absolute Gasteiger partial charge is 0.324 e. The second-order valence-electron chi connectivity index (χ2n) is 8.27. The highest BCUT2D eigenvalue weighted by atomic mass is 16.2. The zero-order chi connectivity index (χ0) is 21.1. The van der Waals surface area contributed by atoms with Gasteiger partial charge in [-0.25, -0.2) is 0 Å². The lowest BCUT2D eigenvalue weighted by Gasteiger charge is -2.38. The van der Waals surface area contributed by atoms with Crippen LogP contribution >= 0.6 is 0 Å². The van der Waals surface area contributed by atoms with E-state index in [-0.39, 0.29) is 18.4 Å². The van der Waals surface area contributed by atoms with E-state index in [2.05, 4.69) is 12.2 Å². The lowest BCUT2D eigenvalue weighted by atomic mass is 9.88. The van der Waals surface area contributed by atoms with E-state index < -0.39 is 5.66 Å². The smallest absolute Gasteiger partial charge is 0.275 e. The van der Waals surface area contributed by atoms with Crippen molar-refractivity contribution in [3.05, 3.63) is 65.2 Å². The first kappa shape index (κ1) is 20.3. The van der Waals surface area contributed by atoms with Crippen LogP contribution in [0.1, 0.15) is 55.7 Å². The van der Waals surface area contributed by atoms with E-state index in [1.165, 1.54) is 0 Å². The molecule has 2 aromatic carbocycles. The summed E-state index contributed by atoms with van der Waals surface area (Å²) >= 11 is 0. The van der Waals surface area contributed by atoms with Gasteiger partial charge in [0.1, 0.15) is 17.9 Å². The van der Waals surface area contributed by atoms with Crippen molar-refractivity contribution < 1.29 is 9.59 Å². The number of benzene rings is 2. The molecule has 1 fully saturated rings. The van der Waals surface area contributed by atoms with Gasteiger partial charge in [-0.05, 0) is 50.2 Å². The maximum atomic E-state index is 13.4. The summed E-state index contributed by atoms with van der Waals surface area (Å²) in [5.41, 5.74) is 3.71. The molecule has 0 unspecified atom stereocenters. The number of anilines is 1. The Labute approximate surface area is 178 Å². The minimum atomic E-state index is -0.586. The Hall–Kier alpha value is -2.95. The minimum Gasteiger partial charge on any atom is -0.324 e. The Kier molecular flexibility index (Phi) is 5.71. The summed E-state index contributed by atoms with van der Waals surface area (Å²) in [5, 5.41) is 3.07. The van der Waals surface area contributed by atoms with E-state index in [1.807, 2.05) is 55.5 Å². The second kappa shape index (κ2) is 8.42. The molecule has 5 heteroatoms. The van der Waals surface area contributed by atoms with Crippen LogP contribution in [0, 0.1) is 6.92 Å². The molecule has 5 nitrogen and oxygen atoms in total. The van der Waals surface area contributed by atoms with Crippen molar-refractivity contribution in [1.29, 1.82) is 0 Å². The molecular formula is C25H29N3O2. The molecule has 30 heavy (non-hydrogen) atoms. The maximum Gasteiger partial charge on any atom is 0.275 e. The number of rotatable bonds is 5. The number of hydrogen-bond donors (Lipinski definition) is 1. The SMILES string of the molecule is CCc1cccc(C)c1NC(=O)CN1C(=O)C(c2ccccc2)=NC12CCCCC2. The Morgan fingerprint density at radius 3 is 2.50 bits per heavy atom. The van der Waals surface area contributed by atoms with Crippen LogP contribution in [0.4, 0.5) is 5.69 Å². The van der Waals surface area contributed by atoms with Gasteiger partial charge in [0.15, 0.2) is 0 Å². The maximum absolute atomic E-state index is 13.4.